The molecule has 7 atom stereocenters. The molecule has 0 radical (unpaired) electrons. The van der Waals surface area contributed by atoms with Crippen molar-refractivity contribution >= 4 is 17.5 Å². The van der Waals surface area contributed by atoms with Gasteiger partial charge in [0.25, 0.3) is 0 Å². The number of hydrogen-bond donors (Lipinski definition) is 0. The highest BCUT2D eigenvalue weighted by Crippen LogP contribution is 2.69. The van der Waals surface area contributed by atoms with Crippen molar-refractivity contribution in [3.63, 3.8) is 0 Å². The number of hydrogen-bond acceptors (Lipinski definition) is 8. The maximum Gasteiger partial charge on any atom is 0.333 e. The first kappa shape index (κ1) is 33.0. The van der Waals surface area contributed by atoms with Crippen LogP contribution >= 0.6 is 0 Å². The molecule has 8 rings (SSSR count). The largest absolute Gasteiger partial charge is 0.483 e. The van der Waals surface area contributed by atoms with Gasteiger partial charge >= 0.3 is 5.97 Å². The molecule has 8 aliphatic rings. The zero-order valence-corrected chi connectivity index (χ0v) is 29.8. The Hall–Kier alpha value is -3.49. The molecule has 1 saturated carbocycles. The van der Waals surface area contributed by atoms with Crippen molar-refractivity contribution < 1.29 is 33.3 Å². The predicted molar refractivity (Wildman–Crippen MR) is 183 cm³/mol. The van der Waals surface area contributed by atoms with Crippen LogP contribution in [0.5, 0.6) is 0 Å². The van der Waals surface area contributed by atoms with E-state index in [2.05, 4.69) is 78.8 Å². The molecular formula is C40H49NO7. The summed E-state index contributed by atoms with van der Waals surface area (Å²) in [7, 11) is 1.36. The van der Waals surface area contributed by atoms with Crippen LogP contribution in [0.1, 0.15) is 87.5 Å². The molecule has 0 N–H and O–H groups in total. The Labute approximate surface area is 284 Å². The van der Waals surface area contributed by atoms with Crippen molar-refractivity contribution in [2.24, 2.45) is 22.7 Å². The molecule has 4 aliphatic heterocycles. The standard InChI is InChI=1S/C40H49NO7/c1-22(2)11-10-16-38(8)17-15-27-32(46-38)26(13-12-23(3)4)34-30-31(41-21-45-33(27)30)28-19-25-20-29-37(6,7)48-39(35(25)42,40(28,29)47-34)18-14-24(5)36(43)44-9/h11-12,14-15,17,19,25,29-30,33H,10,13,16,18,20-21H2,1-9H3/b24-14-. The number of Topliss-reactive ketones (excluding diaryl/α,β-unsaturated/α-hetero) is 1. The number of fused-ring (bicyclic) bond motifs is 1. The fraction of sp³-hybridized carbons (Fsp3) is 0.575. The molecule has 7 unspecified atom stereocenters. The minimum absolute atomic E-state index is 0.00416. The molecule has 8 nitrogen and oxygen atoms in total. The molecule has 0 aromatic rings. The summed E-state index contributed by atoms with van der Waals surface area (Å²) in [5, 5.41) is 0. The van der Waals surface area contributed by atoms with Gasteiger partial charge in [-0.2, -0.15) is 0 Å². The Bertz CT molecular complexity index is 1720. The number of ketones is 1. The lowest BCUT2D eigenvalue weighted by Crippen LogP contribution is -2.72. The second-order valence-electron chi connectivity index (χ2n) is 15.7. The molecule has 4 heterocycles. The molecule has 1 spiro atoms. The van der Waals surface area contributed by atoms with E-state index in [0.29, 0.717) is 18.4 Å². The van der Waals surface area contributed by atoms with Crippen LogP contribution in [0.25, 0.3) is 0 Å². The van der Waals surface area contributed by atoms with E-state index < -0.39 is 28.4 Å². The summed E-state index contributed by atoms with van der Waals surface area (Å²) in [5.41, 5.74) is 3.06. The molecule has 2 saturated heterocycles. The Balaban J connectivity index is 1.43. The molecule has 4 bridgehead atoms. The second-order valence-corrected chi connectivity index (χ2v) is 15.7. The number of methoxy groups -OCH3 is 1. The number of rotatable bonds is 8. The highest BCUT2D eigenvalue weighted by atomic mass is 16.6. The lowest BCUT2D eigenvalue weighted by atomic mass is 9.50. The van der Waals surface area contributed by atoms with E-state index in [1.807, 2.05) is 0 Å². The number of allylic oxidation sites excluding steroid dienone is 6. The van der Waals surface area contributed by atoms with Crippen LogP contribution in [0, 0.1) is 17.8 Å². The van der Waals surface area contributed by atoms with Crippen LogP contribution < -0.4 is 0 Å². The van der Waals surface area contributed by atoms with Crippen LogP contribution in [0.2, 0.25) is 0 Å². The number of carbonyl (C=O) groups excluding carboxylic acids is 2. The van der Waals surface area contributed by atoms with Crippen LogP contribution in [0.4, 0.5) is 0 Å². The van der Waals surface area contributed by atoms with Gasteiger partial charge in [0.15, 0.2) is 17.0 Å². The number of aliphatic imine (C=N–C) groups is 1. The Morgan fingerprint density at radius 2 is 1.81 bits per heavy atom. The highest BCUT2D eigenvalue weighted by molar-refractivity contribution is 6.12. The van der Waals surface area contributed by atoms with E-state index in [1.165, 1.54) is 18.3 Å². The SMILES string of the molecule is COC(=O)/C(C)=C\CC12OC(C)(C)C3CC(C=C4C5=NCOC6C7=C(OC(C)(CCC=C(C)C)C=C7)C(CC=C(C)C)=C(OC431)C56)C2=O. The topological polar surface area (TPSA) is 92.7 Å². The molecule has 3 fully saturated rings. The van der Waals surface area contributed by atoms with Crippen molar-refractivity contribution in [1.82, 2.24) is 0 Å². The maximum atomic E-state index is 14.6. The summed E-state index contributed by atoms with van der Waals surface area (Å²) >= 11 is 0. The van der Waals surface area contributed by atoms with Crippen molar-refractivity contribution in [2.45, 2.75) is 116 Å². The van der Waals surface area contributed by atoms with Gasteiger partial charge in [-0.1, -0.05) is 41.5 Å². The lowest BCUT2D eigenvalue weighted by Gasteiger charge is -2.60. The van der Waals surface area contributed by atoms with Gasteiger partial charge in [0.2, 0.25) is 0 Å². The third-order valence-electron chi connectivity index (χ3n) is 11.5. The predicted octanol–water partition coefficient (Wildman–Crippen LogP) is 7.34. The first-order valence-corrected chi connectivity index (χ1v) is 17.4. The summed E-state index contributed by atoms with van der Waals surface area (Å²) in [4.78, 5) is 32.2. The summed E-state index contributed by atoms with van der Waals surface area (Å²) in [5.74, 6) is 0.383. The zero-order chi connectivity index (χ0) is 34.4. The third-order valence-corrected chi connectivity index (χ3v) is 11.5. The second kappa shape index (κ2) is 11.3. The average Bonchev–Trinajstić information content (AvgIpc) is 3.19. The minimum atomic E-state index is -1.35. The molecule has 256 valence electrons. The van der Waals surface area contributed by atoms with Crippen LogP contribution in [0.3, 0.4) is 0 Å². The van der Waals surface area contributed by atoms with E-state index in [-0.39, 0.29) is 42.8 Å². The third kappa shape index (κ3) is 4.65. The van der Waals surface area contributed by atoms with Crippen molar-refractivity contribution in [3.8, 4) is 0 Å². The van der Waals surface area contributed by atoms with Gasteiger partial charge in [0.1, 0.15) is 30.0 Å². The summed E-state index contributed by atoms with van der Waals surface area (Å²) in [6, 6.07) is 0. The van der Waals surface area contributed by atoms with Crippen molar-refractivity contribution in [1.29, 1.82) is 0 Å². The maximum absolute atomic E-state index is 14.6. The fourth-order valence-electron chi connectivity index (χ4n) is 9.22. The fourth-order valence-corrected chi connectivity index (χ4v) is 9.22. The van der Waals surface area contributed by atoms with E-state index >= 15 is 0 Å². The van der Waals surface area contributed by atoms with Crippen molar-refractivity contribution in [2.75, 3.05) is 13.8 Å². The van der Waals surface area contributed by atoms with Gasteiger partial charge < -0.3 is 23.7 Å². The number of nitrogens with zero attached hydrogens (tertiary/aromatic N) is 1. The van der Waals surface area contributed by atoms with Gasteiger partial charge in [-0.15, -0.1) is 0 Å². The lowest BCUT2D eigenvalue weighted by molar-refractivity contribution is -0.183. The quantitative estimate of drug-likeness (QED) is 0.154. The summed E-state index contributed by atoms with van der Waals surface area (Å²) in [6.07, 6.45) is 15.5. The van der Waals surface area contributed by atoms with Gasteiger partial charge in [0.05, 0.1) is 24.3 Å². The zero-order valence-electron chi connectivity index (χ0n) is 29.8. The first-order valence-electron chi connectivity index (χ1n) is 17.4. The highest BCUT2D eigenvalue weighted by Gasteiger charge is 2.81. The molecule has 0 aromatic carbocycles. The number of esters is 1. The van der Waals surface area contributed by atoms with Crippen LogP contribution in [0.15, 0.2) is 86.4 Å². The number of ether oxygens (including phenoxy) is 5. The Kier molecular flexibility index (Phi) is 7.76. The number of carbonyl (C=O) groups is 2. The summed E-state index contributed by atoms with van der Waals surface area (Å²) < 4.78 is 33.1. The van der Waals surface area contributed by atoms with Crippen LogP contribution in [-0.4, -0.2) is 59.8 Å². The molecule has 0 amide bonds. The molecule has 4 aliphatic carbocycles. The normalized spacial score (nSPS) is 36.6. The van der Waals surface area contributed by atoms with Gasteiger partial charge in [-0.3, -0.25) is 9.79 Å². The first-order chi connectivity index (χ1) is 22.7. The average molecular weight is 656 g/mol. The van der Waals surface area contributed by atoms with Crippen LogP contribution in [-0.2, 0) is 33.3 Å². The monoisotopic (exact) mass is 655 g/mol. The smallest absolute Gasteiger partial charge is 0.333 e. The Morgan fingerprint density at radius 3 is 2.52 bits per heavy atom. The molecule has 48 heavy (non-hydrogen) atoms. The van der Waals surface area contributed by atoms with Gasteiger partial charge in [0, 0.05) is 40.5 Å². The minimum Gasteiger partial charge on any atom is -0.483 e. The van der Waals surface area contributed by atoms with Gasteiger partial charge in [-0.25, -0.2) is 4.79 Å². The van der Waals surface area contributed by atoms with E-state index in [0.717, 1.165) is 46.8 Å². The van der Waals surface area contributed by atoms with E-state index in [9.17, 15) is 9.59 Å². The van der Waals surface area contributed by atoms with E-state index in [4.69, 9.17) is 28.7 Å². The van der Waals surface area contributed by atoms with Gasteiger partial charge in [-0.05, 0) is 87.1 Å². The summed E-state index contributed by atoms with van der Waals surface area (Å²) in [6.45, 7) is 16.6. The molecule has 0 aromatic heterocycles. The van der Waals surface area contributed by atoms with E-state index in [1.54, 1.807) is 13.0 Å². The molecule has 8 heteroatoms. The van der Waals surface area contributed by atoms with Crippen molar-refractivity contribution in [3.05, 3.63) is 81.4 Å². The molecular weight excluding hydrogens is 606 g/mol. The Morgan fingerprint density at radius 1 is 1.06 bits per heavy atom.